The summed E-state index contributed by atoms with van der Waals surface area (Å²) in [4.78, 5) is 0. The quantitative estimate of drug-likeness (QED) is 0.834. The van der Waals surface area contributed by atoms with Crippen LogP contribution in [0.15, 0.2) is 46.9 Å². The second-order valence-electron chi connectivity index (χ2n) is 4.41. The van der Waals surface area contributed by atoms with Crippen LogP contribution in [-0.2, 0) is 5.54 Å². The highest BCUT2D eigenvalue weighted by molar-refractivity contribution is 9.10. The van der Waals surface area contributed by atoms with Crippen LogP contribution in [0.2, 0.25) is 0 Å². The van der Waals surface area contributed by atoms with Gasteiger partial charge >= 0.3 is 0 Å². The van der Waals surface area contributed by atoms with E-state index in [2.05, 4.69) is 15.9 Å². The molecule has 0 aliphatic rings. The molecule has 1 nitrogen and oxygen atoms in total. The van der Waals surface area contributed by atoms with Crippen LogP contribution in [0.25, 0.3) is 0 Å². The van der Waals surface area contributed by atoms with Crippen molar-refractivity contribution in [3.8, 4) is 0 Å². The molecule has 0 amide bonds. The number of hydrogen-bond acceptors (Lipinski definition) is 1. The topological polar surface area (TPSA) is 26.0 Å². The summed E-state index contributed by atoms with van der Waals surface area (Å²) < 4.78 is 28.5. The third-order valence-electron chi connectivity index (χ3n) is 3.34. The zero-order chi connectivity index (χ0) is 14.0. The molecule has 0 saturated heterocycles. The van der Waals surface area contributed by atoms with Gasteiger partial charge in [-0.25, -0.2) is 8.78 Å². The summed E-state index contributed by atoms with van der Waals surface area (Å²) in [6, 6.07) is 11.6. The minimum atomic E-state index is -1.18. The van der Waals surface area contributed by atoms with Crippen LogP contribution in [0.1, 0.15) is 24.5 Å². The first-order valence-electron chi connectivity index (χ1n) is 5.99. The number of hydrogen-bond donors (Lipinski definition) is 1. The molecule has 0 aromatic heterocycles. The Morgan fingerprint density at radius 2 is 1.74 bits per heavy atom. The Morgan fingerprint density at radius 3 is 2.32 bits per heavy atom. The lowest BCUT2D eigenvalue weighted by molar-refractivity contribution is 0.441. The van der Waals surface area contributed by atoms with Gasteiger partial charge in [-0.1, -0.05) is 37.3 Å². The highest BCUT2D eigenvalue weighted by atomic mass is 79.9. The fourth-order valence-electron chi connectivity index (χ4n) is 2.20. The minimum absolute atomic E-state index is 0.101. The van der Waals surface area contributed by atoms with Gasteiger partial charge in [0.25, 0.3) is 0 Å². The average molecular weight is 326 g/mol. The number of benzene rings is 2. The van der Waals surface area contributed by atoms with Gasteiger partial charge in [0, 0.05) is 5.56 Å². The summed E-state index contributed by atoms with van der Waals surface area (Å²) in [6.07, 6.45) is 0.390. The fraction of sp³-hybridized carbons (Fsp3) is 0.200. The molecule has 2 aromatic rings. The lowest BCUT2D eigenvalue weighted by Gasteiger charge is -2.30. The summed E-state index contributed by atoms with van der Waals surface area (Å²) in [6.45, 7) is 1.81. The summed E-state index contributed by atoms with van der Waals surface area (Å²) in [7, 11) is 0. The van der Waals surface area contributed by atoms with Gasteiger partial charge in [0.05, 0.1) is 10.0 Å². The second-order valence-corrected chi connectivity index (χ2v) is 5.26. The van der Waals surface area contributed by atoms with Crippen molar-refractivity contribution in [1.82, 2.24) is 0 Å². The molecule has 0 spiro atoms. The zero-order valence-electron chi connectivity index (χ0n) is 10.5. The maximum Gasteiger partial charge on any atom is 0.145 e. The van der Waals surface area contributed by atoms with Gasteiger partial charge in [-0.2, -0.15) is 0 Å². The van der Waals surface area contributed by atoms with E-state index in [1.807, 2.05) is 13.0 Å². The van der Waals surface area contributed by atoms with E-state index in [0.29, 0.717) is 12.0 Å². The van der Waals surface area contributed by atoms with E-state index in [4.69, 9.17) is 5.73 Å². The Hall–Kier alpha value is -1.26. The molecule has 0 aliphatic heterocycles. The van der Waals surface area contributed by atoms with Crippen molar-refractivity contribution < 1.29 is 8.78 Å². The van der Waals surface area contributed by atoms with Crippen molar-refractivity contribution in [2.75, 3.05) is 0 Å². The Bertz CT molecular complexity index is 586. The maximum atomic E-state index is 14.3. The predicted octanol–water partition coefficient (Wildman–Crippen LogP) is 4.34. The number of rotatable bonds is 3. The van der Waals surface area contributed by atoms with Crippen molar-refractivity contribution in [3.63, 3.8) is 0 Å². The van der Waals surface area contributed by atoms with Gasteiger partial charge in [0.1, 0.15) is 11.6 Å². The van der Waals surface area contributed by atoms with E-state index >= 15 is 0 Å². The lowest BCUT2D eigenvalue weighted by Crippen LogP contribution is -2.39. The molecule has 2 rings (SSSR count). The highest BCUT2D eigenvalue weighted by Gasteiger charge is 2.34. The third-order valence-corrected chi connectivity index (χ3v) is 3.95. The van der Waals surface area contributed by atoms with Crippen molar-refractivity contribution in [2.24, 2.45) is 5.73 Å². The standard InChI is InChI=1S/C15H14BrF2N/c1-2-15(19,10-6-4-3-5-7-10)13-12(17)9-8-11(16)14(13)18/h3-9H,2,19H2,1H3. The first-order valence-corrected chi connectivity index (χ1v) is 6.78. The summed E-state index contributed by atoms with van der Waals surface area (Å²) in [5.41, 5.74) is 5.72. The highest BCUT2D eigenvalue weighted by Crippen LogP contribution is 2.36. The van der Waals surface area contributed by atoms with Gasteiger partial charge < -0.3 is 5.73 Å². The van der Waals surface area contributed by atoms with Crippen LogP contribution in [-0.4, -0.2) is 0 Å². The van der Waals surface area contributed by atoms with Crippen LogP contribution in [0, 0.1) is 11.6 Å². The number of nitrogens with two attached hydrogens (primary N) is 1. The molecule has 0 saturated carbocycles. The molecule has 1 unspecified atom stereocenters. The second kappa shape index (κ2) is 5.39. The van der Waals surface area contributed by atoms with E-state index in [1.54, 1.807) is 24.3 Å². The molecule has 2 N–H and O–H groups in total. The molecule has 0 radical (unpaired) electrons. The van der Waals surface area contributed by atoms with Gasteiger partial charge in [0.15, 0.2) is 0 Å². The molecule has 1 atom stereocenters. The molecular formula is C15H14BrF2N. The molecule has 19 heavy (non-hydrogen) atoms. The Kier molecular flexibility index (Phi) is 4.02. The van der Waals surface area contributed by atoms with Crippen LogP contribution < -0.4 is 5.73 Å². The van der Waals surface area contributed by atoms with Crippen LogP contribution in [0.5, 0.6) is 0 Å². The molecular weight excluding hydrogens is 312 g/mol. The SMILES string of the molecule is CCC(N)(c1ccccc1)c1c(F)ccc(Br)c1F. The Morgan fingerprint density at radius 1 is 1.11 bits per heavy atom. The molecule has 4 heteroatoms. The molecule has 2 aromatic carbocycles. The first kappa shape index (κ1) is 14.2. The van der Waals surface area contributed by atoms with E-state index in [9.17, 15) is 8.78 Å². The van der Waals surface area contributed by atoms with E-state index in [-0.39, 0.29) is 10.0 Å². The van der Waals surface area contributed by atoms with E-state index in [0.717, 1.165) is 0 Å². The summed E-state index contributed by atoms with van der Waals surface area (Å²) >= 11 is 3.08. The summed E-state index contributed by atoms with van der Waals surface area (Å²) in [5, 5.41) is 0. The Balaban J connectivity index is 2.70. The molecule has 0 aliphatic carbocycles. The first-order chi connectivity index (χ1) is 9.00. The molecule has 0 fully saturated rings. The van der Waals surface area contributed by atoms with Crippen LogP contribution in [0.3, 0.4) is 0 Å². The van der Waals surface area contributed by atoms with Gasteiger partial charge in [0.2, 0.25) is 0 Å². The summed E-state index contributed by atoms with van der Waals surface area (Å²) in [5.74, 6) is -1.28. The van der Waals surface area contributed by atoms with Crippen molar-refractivity contribution in [2.45, 2.75) is 18.9 Å². The average Bonchev–Trinajstić information content (AvgIpc) is 2.44. The predicted molar refractivity (Wildman–Crippen MR) is 75.8 cm³/mol. The number of halogens is 3. The van der Waals surface area contributed by atoms with Crippen LogP contribution in [0.4, 0.5) is 8.78 Å². The van der Waals surface area contributed by atoms with Gasteiger partial charge in [-0.15, -0.1) is 0 Å². The minimum Gasteiger partial charge on any atom is -0.318 e. The monoisotopic (exact) mass is 325 g/mol. The normalized spacial score (nSPS) is 14.2. The largest absolute Gasteiger partial charge is 0.318 e. The lowest BCUT2D eigenvalue weighted by atomic mass is 9.81. The van der Waals surface area contributed by atoms with Crippen LogP contribution >= 0.6 is 15.9 Å². The van der Waals surface area contributed by atoms with Crippen molar-refractivity contribution >= 4 is 15.9 Å². The van der Waals surface area contributed by atoms with Gasteiger partial charge in [-0.05, 0) is 40.0 Å². The smallest absolute Gasteiger partial charge is 0.145 e. The zero-order valence-corrected chi connectivity index (χ0v) is 12.0. The fourth-order valence-corrected chi connectivity index (χ4v) is 2.53. The molecule has 0 bridgehead atoms. The van der Waals surface area contributed by atoms with Crippen molar-refractivity contribution in [1.29, 1.82) is 0 Å². The third kappa shape index (κ3) is 2.42. The molecule has 100 valence electrons. The van der Waals surface area contributed by atoms with E-state index < -0.39 is 17.2 Å². The van der Waals surface area contributed by atoms with Crippen molar-refractivity contribution in [3.05, 3.63) is 69.7 Å². The van der Waals surface area contributed by atoms with Gasteiger partial charge in [-0.3, -0.25) is 0 Å². The maximum absolute atomic E-state index is 14.3. The molecule has 0 heterocycles. The van der Waals surface area contributed by atoms with E-state index in [1.165, 1.54) is 12.1 Å². The Labute approximate surface area is 119 Å².